The largest absolute Gasteiger partial charge is 0.494 e. The van der Waals surface area contributed by atoms with Crippen LogP contribution in [0.15, 0.2) is 66.7 Å². The third kappa shape index (κ3) is 7.05. The fraction of sp³-hybridized carbons (Fsp3) is 0.310. The van der Waals surface area contributed by atoms with Gasteiger partial charge in [0.2, 0.25) is 0 Å². The monoisotopic (exact) mass is 541 g/mol. The van der Waals surface area contributed by atoms with E-state index in [1.165, 1.54) is 23.3 Å². The lowest BCUT2D eigenvalue weighted by atomic mass is 9.98. The van der Waals surface area contributed by atoms with Crippen molar-refractivity contribution in [1.82, 2.24) is 5.32 Å². The molecule has 3 aromatic carbocycles. The van der Waals surface area contributed by atoms with Gasteiger partial charge in [-0.3, -0.25) is 14.9 Å². The van der Waals surface area contributed by atoms with E-state index in [0.717, 1.165) is 50.0 Å². The molecular formula is C29H29ClFNO4S. The molecule has 0 aliphatic carbocycles. The van der Waals surface area contributed by atoms with Gasteiger partial charge in [0.15, 0.2) is 0 Å². The number of thioether (sulfide) groups is 1. The Bertz CT molecular complexity index is 1250. The van der Waals surface area contributed by atoms with Crippen LogP contribution in [0.5, 0.6) is 17.2 Å². The molecule has 3 aromatic rings. The lowest BCUT2D eigenvalue weighted by molar-refractivity contribution is -0.126. The second kappa shape index (κ2) is 12.5. The Labute approximate surface area is 225 Å². The smallest absolute Gasteiger partial charge is 0.289 e. The first kappa shape index (κ1) is 27.0. The first-order chi connectivity index (χ1) is 17.9. The van der Waals surface area contributed by atoms with Crippen LogP contribution in [-0.4, -0.2) is 17.8 Å². The number of ether oxygens (including phenoxy) is 2. The van der Waals surface area contributed by atoms with E-state index < -0.39 is 16.1 Å². The van der Waals surface area contributed by atoms with E-state index in [2.05, 4.69) is 19.1 Å². The van der Waals surface area contributed by atoms with E-state index in [9.17, 15) is 9.59 Å². The number of hydrogen-bond acceptors (Lipinski definition) is 5. The zero-order valence-electron chi connectivity index (χ0n) is 20.6. The molecule has 37 heavy (non-hydrogen) atoms. The van der Waals surface area contributed by atoms with Crippen molar-refractivity contribution >= 4 is 34.5 Å². The molecule has 0 aromatic heterocycles. The van der Waals surface area contributed by atoms with Crippen molar-refractivity contribution in [3.05, 3.63) is 88.4 Å². The molecule has 1 aliphatic rings. The molecule has 1 aliphatic heterocycles. The average Bonchev–Trinajstić information content (AvgIpc) is 3.16. The maximum atomic E-state index is 15.0. The van der Waals surface area contributed by atoms with E-state index in [1.807, 2.05) is 35.6 Å². The summed E-state index contributed by atoms with van der Waals surface area (Å²) in [5, 5.41) is -0.437. The molecule has 0 spiro atoms. The summed E-state index contributed by atoms with van der Waals surface area (Å²) in [4.78, 5) is 23.3. The zero-order valence-corrected chi connectivity index (χ0v) is 22.2. The molecule has 4 rings (SSSR count). The van der Waals surface area contributed by atoms with Crippen molar-refractivity contribution in [3.8, 4) is 17.2 Å². The summed E-state index contributed by atoms with van der Waals surface area (Å²) in [6.07, 6.45) is 5.86. The number of imide groups is 1. The van der Waals surface area contributed by atoms with Gasteiger partial charge in [-0.25, -0.2) is 4.39 Å². The van der Waals surface area contributed by atoms with E-state index in [4.69, 9.17) is 21.1 Å². The third-order valence-electron chi connectivity index (χ3n) is 6.05. The third-order valence-corrected chi connectivity index (χ3v) is 7.29. The molecule has 1 N–H and O–H groups in total. The molecule has 194 valence electrons. The number of rotatable bonds is 12. The van der Waals surface area contributed by atoms with Gasteiger partial charge in [-0.15, -0.1) is 0 Å². The van der Waals surface area contributed by atoms with Gasteiger partial charge in [0.25, 0.3) is 16.1 Å². The summed E-state index contributed by atoms with van der Waals surface area (Å²) >= 11 is 6.30. The number of hydrogen-bond donors (Lipinski definition) is 1. The molecule has 8 heteroatoms. The minimum atomic E-state index is -2.41. The Kier molecular flexibility index (Phi) is 9.11. The molecule has 5 nitrogen and oxygen atoms in total. The molecule has 0 radical (unpaired) electrons. The van der Waals surface area contributed by atoms with Crippen LogP contribution >= 0.6 is 23.4 Å². The Balaban J connectivity index is 1.25. The number of nitrogens with one attached hydrogen (secondary N) is 1. The maximum Gasteiger partial charge on any atom is 0.289 e. The first-order valence-corrected chi connectivity index (χ1v) is 13.6. The minimum absolute atomic E-state index is 0.102. The maximum absolute atomic E-state index is 15.0. The van der Waals surface area contributed by atoms with Crippen molar-refractivity contribution in [2.24, 2.45) is 0 Å². The standard InChI is InChI=1S/C29H29ClFNO4S/c1-2-7-21-18-26(36-24-15-12-23(30)13-16-24)14-11-20(21)8-4-3-5-17-35-25-10-6-9-22(19-25)29(31)27(33)32-28(34)37-29/h6,9-16,18-19H,2-5,7-8,17H2,1H3,(H,32,33,34). The quantitative estimate of drug-likeness (QED) is 0.235. The minimum Gasteiger partial charge on any atom is -0.494 e. The SMILES string of the molecule is CCCc1cc(Oc2ccc(Cl)cc2)ccc1CCCCCOc1cccc(C2(F)SC(=O)NC2=O)c1. The second-order valence-electron chi connectivity index (χ2n) is 8.86. The van der Waals surface area contributed by atoms with E-state index in [1.54, 1.807) is 12.1 Å². The number of alkyl halides is 1. The topological polar surface area (TPSA) is 64.6 Å². The molecule has 2 amide bonds. The van der Waals surface area contributed by atoms with Gasteiger partial charge >= 0.3 is 0 Å². The number of carbonyl (C=O) groups excluding carboxylic acids is 2. The summed E-state index contributed by atoms with van der Waals surface area (Å²) in [6.45, 7) is 2.65. The van der Waals surface area contributed by atoms with Crippen LogP contribution in [0, 0.1) is 0 Å². The van der Waals surface area contributed by atoms with Gasteiger partial charge in [-0.1, -0.05) is 43.1 Å². The molecule has 0 saturated carbocycles. The Morgan fingerprint density at radius 1 is 0.892 bits per heavy atom. The van der Waals surface area contributed by atoms with Crippen LogP contribution in [0.1, 0.15) is 49.3 Å². The van der Waals surface area contributed by atoms with Crippen molar-refractivity contribution in [2.75, 3.05) is 6.61 Å². The predicted octanol–water partition coefficient (Wildman–Crippen LogP) is 7.98. The molecular weight excluding hydrogens is 513 g/mol. The van der Waals surface area contributed by atoms with Crippen molar-refractivity contribution in [1.29, 1.82) is 0 Å². The summed E-state index contributed by atoms with van der Waals surface area (Å²) in [6, 6.07) is 19.9. The van der Waals surface area contributed by atoms with E-state index in [-0.39, 0.29) is 5.56 Å². The Morgan fingerprint density at radius 3 is 2.41 bits per heavy atom. The van der Waals surface area contributed by atoms with Crippen LogP contribution in [0.3, 0.4) is 0 Å². The van der Waals surface area contributed by atoms with Crippen LogP contribution < -0.4 is 14.8 Å². The molecule has 1 heterocycles. The highest BCUT2D eigenvalue weighted by Crippen LogP contribution is 2.43. The summed E-state index contributed by atoms with van der Waals surface area (Å²) in [5.74, 6) is 1.10. The van der Waals surface area contributed by atoms with Gasteiger partial charge in [0.1, 0.15) is 17.2 Å². The number of aryl methyl sites for hydroxylation is 2. The number of halogens is 2. The predicted molar refractivity (Wildman–Crippen MR) is 145 cm³/mol. The van der Waals surface area contributed by atoms with Gasteiger partial charge in [-0.2, -0.15) is 0 Å². The van der Waals surface area contributed by atoms with Crippen LogP contribution in [0.2, 0.25) is 5.02 Å². The molecule has 1 atom stereocenters. The fourth-order valence-corrected chi connectivity index (χ4v) is 5.10. The van der Waals surface area contributed by atoms with Gasteiger partial charge < -0.3 is 9.47 Å². The fourth-order valence-electron chi connectivity index (χ4n) is 4.18. The van der Waals surface area contributed by atoms with Crippen molar-refractivity contribution in [2.45, 2.75) is 50.4 Å². The lowest BCUT2D eigenvalue weighted by Crippen LogP contribution is -2.30. The van der Waals surface area contributed by atoms with E-state index >= 15 is 4.39 Å². The Hall–Kier alpha value is -3.03. The van der Waals surface area contributed by atoms with E-state index in [0.29, 0.717) is 29.1 Å². The molecule has 0 bridgehead atoms. The molecule has 1 fully saturated rings. The van der Waals surface area contributed by atoms with Crippen LogP contribution in [0.4, 0.5) is 9.18 Å². The first-order valence-electron chi connectivity index (χ1n) is 12.4. The molecule has 1 saturated heterocycles. The second-order valence-corrected chi connectivity index (χ2v) is 10.4. The van der Waals surface area contributed by atoms with Gasteiger partial charge in [-0.05, 0) is 104 Å². The number of unbranched alkanes of at least 4 members (excludes halogenated alkanes) is 2. The number of amides is 2. The molecule has 1 unspecified atom stereocenters. The van der Waals surface area contributed by atoms with Gasteiger partial charge in [0, 0.05) is 10.6 Å². The highest BCUT2D eigenvalue weighted by molar-refractivity contribution is 8.15. The van der Waals surface area contributed by atoms with Crippen molar-refractivity contribution < 1.29 is 23.5 Å². The van der Waals surface area contributed by atoms with Gasteiger partial charge in [0.05, 0.1) is 6.61 Å². The lowest BCUT2D eigenvalue weighted by Gasteiger charge is -2.16. The zero-order chi connectivity index (χ0) is 26.3. The highest BCUT2D eigenvalue weighted by atomic mass is 35.5. The number of carbonyl (C=O) groups is 2. The van der Waals surface area contributed by atoms with Crippen LogP contribution in [-0.2, 0) is 22.6 Å². The summed E-state index contributed by atoms with van der Waals surface area (Å²) in [5.41, 5.74) is 2.73. The van der Waals surface area contributed by atoms with Crippen molar-refractivity contribution in [3.63, 3.8) is 0 Å². The summed E-state index contributed by atoms with van der Waals surface area (Å²) in [7, 11) is 0. The number of benzene rings is 3. The normalized spacial score (nSPS) is 17.1. The van der Waals surface area contributed by atoms with Crippen LogP contribution in [0.25, 0.3) is 0 Å². The summed E-state index contributed by atoms with van der Waals surface area (Å²) < 4.78 is 26.8. The Morgan fingerprint density at radius 2 is 1.68 bits per heavy atom. The highest BCUT2D eigenvalue weighted by Gasteiger charge is 2.50. The average molecular weight is 542 g/mol.